The smallest absolute Gasteiger partial charge is 0.237 e. The number of benzene rings is 1. The summed E-state index contributed by atoms with van der Waals surface area (Å²) in [5.74, 6) is 0.397. The summed E-state index contributed by atoms with van der Waals surface area (Å²) in [5.41, 5.74) is 2.34. The van der Waals surface area contributed by atoms with E-state index < -0.39 is 6.04 Å². The first-order chi connectivity index (χ1) is 13.0. The van der Waals surface area contributed by atoms with Gasteiger partial charge in [-0.05, 0) is 12.5 Å². The Kier molecular flexibility index (Phi) is 6.18. The lowest BCUT2D eigenvalue weighted by molar-refractivity contribution is -0.138. The van der Waals surface area contributed by atoms with Gasteiger partial charge >= 0.3 is 0 Å². The standard InChI is InChI=1S/C19H25N5O3/c1-14-3-5-15(6-4-14)12-24-10-8-20-19(26)16(24)11-18(25)23(2)9-7-17-21-13-27-22-17/h3-6,13,16H,7-12H2,1-2H3,(H,20,26)/t16-/m0/s1. The molecule has 1 saturated heterocycles. The maximum atomic E-state index is 12.6. The first-order valence-electron chi connectivity index (χ1n) is 9.09. The summed E-state index contributed by atoms with van der Waals surface area (Å²) in [7, 11) is 1.73. The van der Waals surface area contributed by atoms with Crippen LogP contribution in [0, 0.1) is 6.92 Å². The van der Waals surface area contributed by atoms with E-state index >= 15 is 0 Å². The lowest BCUT2D eigenvalue weighted by atomic mass is 10.1. The average Bonchev–Trinajstić information content (AvgIpc) is 3.18. The molecule has 3 rings (SSSR count). The van der Waals surface area contributed by atoms with Crippen LogP contribution in [-0.2, 0) is 22.6 Å². The number of piperazine rings is 1. The molecule has 2 aromatic rings. The number of carbonyl (C=O) groups excluding carboxylic acids is 2. The number of amides is 2. The van der Waals surface area contributed by atoms with Gasteiger partial charge in [-0.15, -0.1) is 0 Å². The minimum absolute atomic E-state index is 0.0746. The molecule has 1 aliphatic rings. The number of nitrogens with one attached hydrogen (secondary N) is 1. The molecular weight excluding hydrogens is 346 g/mol. The van der Waals surface area contributed by atoms with Crippen LogP contribution in [0.4, 0.5) is 0 Å². The van der Waals surface area contributed by atoms with Gasteiger partial charge in [0.25, 0.3) is 0 Å². The molecule has 1 atom stereocenters. The van der Waals surface area contributed by atoms with Gasteiger partial charge in [0.05, 0.1) is 12.5 Å². The van der Waals surface area contributed by atoms with Gasteiger partial charge in [-0.1, -0.05) is 35.0 Å². The fourth-order valence-corrected chi connectivity index (χ4v) is 3.12. The number of nitrogens with zero attached hydrogens (tertiary/aromatic N) is 4. The van der Waals surface area contributed by atoms with Crippen LogP contribution in [0.3, 0.4) is 0 Å². The van der Waals surface area contributed by atoms with Gasteiger partial charge < -0.3 is 14.7 Å². The SMILES string of the molecule is Cc1ccc(CN2CCNC(=O)[C@@H]2CC(=O)N(C)CCc2ncon2)cc1. The zero-order chi connectivity index (χ0) is 19.2. The first-order valence-corrected chi connectivity index (χ1v) is 9.09. The molecule has 0 aliphatic carbocycles. The van der Waals surface area contributed by atoms with Gasteiger partial charge in [0.1, 0.15) is 0 Å². The summed E-state index contributed by atoms with van der Waals surface area (Å²) in [5, 5.41) is 6.62. The molecule has 0 saturated carbocycles. The van der Waals surface area contributed by atoms with E-state index in [2.05, 4.69) is 44.6 Å². The highest BCUT2D eigenvalue weighted by Gasteiger charge is 2.32. The van der Waals surface area contributed by atoms with Crippen molar-refractivity contribution in [2.45, 2.75) is 32.4 Å². The summed E-state index contributed by atoms with van der Waals surface area (Å²) >= 11 is 0. The minimum atomic E-state index is -0.458. The summed E-state index contributed by atoms with van der Waals surface area (Å²) in [6, 6.07) is 7.80. The second-order valence-electron chi connectivity index (χ2n) is 6.88. The maximum Gasteiger partial charge on any atom is 0.237 e. The minimum Gasteiger partial charge on any atom is -0.353 e. The van der Waals surface area contributed by atoms with E-state index in [1.165, 1.54) is 12.0 Å². The van der Waals surface area contributed by atoms with Crippen molar-refractivity contribution in [1.29, 1.82) is 0 Å². The fourth-order valence-electron chi connectivity index (χ4n) is 3.12. The van der Waals surface area contributed by atoms with Crippen LogP contribution >= 0.6 is 0 Å². The molecule has 27 heavy (non-hydrogen) atoms. The Balaban J connectivity index is 1.59. The van der Waals surface area contributed by atoms with E-state index in [0.717, 1.165) is 12.1 Å². The maximum absolute atomic E-state index is 12.6. The van der Waals surface area contributed by atoms with Gasteiger partial charge in [-0.25, -0.2) is 0 Å². The van der Waals surface area contributed by atoms with Crippen molar-refractivity contribution in [2.24, 2.45) is 0 Å². The average molecular weight is 371 g/mol. The number of hydrogen-bond acceptors (Lipinski definition) is 6. The Morgan fingerprint density at radius 1 is 1.37 bits per heavy atom. The van der Waals surface area contributed by atoms with Crippen molar-refractivity contribution >= 4 is 11.8 Å². The van der Waals surface area contributed by atoms with Crippen molar-refractivity contribution in [1.82, 2.24) is 25.3 Å². The molecule has 0 unspecified atom stereocenters. The van der Waals surface area contributed by atoms with Crippen molar-refractivity contribution in [2.75, 3.05) is 26.7 Å². The molecule has 1 aliphatic heterocycles. The van der Waals surface area contributed by atoms with E-state index in [1.807, 2.05) is 6.92 Å². The van der Waals surface area contributed by atoms with E-state index in [9.17, 15) is 9.59 Å². The number of aromatic nitrogens is 2. The molecule has 1 aromatic carbocycles. The number of likely N-dealkylation sites (N-methyl/N-ethyl adjacent to an activating group) is 1. The fraction of sp³-hybridized carbons (Fsp3) is 0.474. The third-order valence-electron chi connectivity index (χ3n) is 4.82. The molecule has 0 spiro atoms. The second kappa shape index (κ2) is 8.77. The Hall–Kier alpha value is -2.74. The summed E-state index contributed by atoms with van der Waals surface area (Å²) in [6.45, 7) is 4.50. The predicted molar refractivity (Wildman–Crippen MR) is 98.6 cm³/mol. The molecule has 144 valence electrons. The van der Waals surface area contributed by atoms with Crippen molar-refractivity contribution < 1.29 is 14.1 Å². The predicted octanol–water partition coefficient (Wildman–Crippen LogP) is 0.770. The van der Waals surface area contributed by atoms with Gasteiger partial charge in [0.15, 0.2) is 5.82 Å². The zero-order valence-corrected chi connectivity index (χ0v) is 15.7. The highest BCUT2D eigenvalue weighted by molar-refractivity contribution is 5.88. The van der Waals surface area contributed by atoms with Crippen LogP contribution in [0.1, 0.15) is 23.4 Å². The van der Waals surface area contributed by atoms with Gasteiger partial charge in [0.2, 0.25) is 18.2 Å². The number of carbonyl (C=O) groups is 2. The van der Waals surface area contributed by atoms with E-state index in [1.54, 1.807) is 11.9 Å². The number of aryl methyl sites for hydroxylation is 1. The van der Waals surface area contributed by atoms with Crippen molar-refractivity contribution in [3.05, 3.63) is 47.6 Å². The monoisotopic (exact) mass is 371 g/mol. The van der Waals surface area contributed by atoms with Crippen LogP contribution in [0.5, 0.6) is 0 Å². The molecule has 2 amide bonds. The van der Waals surface area contributed by atoms with Gasteiger partial charge in [-0.3, -0.25) is 14.5 Å². The zero-order valence-electron chi connectivity index (χ0n) is 15.7. The van der Waals surface area contributed by atoms with Crippen LogP contribution in [0.2, 0.25) is 0 Å². The number of rotatable bonds is 7. The Morgan fingerprint density at radius 2 is 2.15 bits per heavy atom. The molecule has 0 radical (unpaired) electrons. The molecule has 2 heterocycles. The Bertz CT molecular complexity index is 760. The van der Waals surface area contributed by atoms with Crippen molar-refractivity contribution in [3.63, 3.8) is 0 Å². The highest BCUT2D eigenvalue weighted by atomic mass is 16.5. The highest BCUT2D eigenvalue weighted by Crippen LogP contribution is 2.15. The Labute approximate surface area is 158 Å². The van der Waals surface area contributed by atoms with Crippen LogP contribution in [-0.4, -0.2) is 64.5 Å². The normalized spacial score (nSPS) is 17.6. The summed E-state index contributed by atoms with van der Waals surface area (Å²) < 4.78 is 4.70. The van der Waals surface area contributed by atoms with Crippen LogP contribution in [0.15, 0.2) is 35.2 Å². The third kappa shape index (κ3) is 5.13. The summed E-state index contributed by atoms with van der Waals surface area (Å²) in [6.07, 6.45) is 1.94. The molecular formula is C19H25N5O3. The van der Waals surface area contributed by atoms with E-state index in [0.29, 0.717) is 31.9 Å². The Morgan fingerprint density at radius 3 is 2.85 bits per heavy atom. The lowest BCUT2D eigenvalue weighted by Gasteiger charge is -2.35. The van der Waals surface area contributed by atoms with Crippen LogP contribution in [0.25, 0.3) is 0 Å². The lowest BCUT2D eigenvalue weighted by Crippen LogP contribution is -2.56. The van der Waals surface area contributed by atoms with E-state index in [-0.39, 0.29) is 18.2 Å². The van der Waals surface area contributed by atoms with Gasteiger partial charge in [-0.2, -0.15) is 4.98 Å². The molecule has 8 nitrogen and oxygen atoms in total. The third-order valence-corrected chi connectivity index (χ3v) is 4.82. The molecule has 1 fully saturated rings. The largest absolute Gasteiger partial charge is 0.353 e. The first kappa shape index (κ1) is 19.0. The topological polar surface area (TPSA) is 91.6 Å². The number of hydrogen-bond donors (Lipinski definition) is 1. The van der Waals surface area contributed by atoms with E-state index in [4.69, 9.17) is 4.52 Å². The molecule has 0 bridgehead atoms. The quantitative estimate of drug-likeness (QED) is 0.773. The summed E-state index contributed by atoms with van der Waals surface area (Å²) in [4.78, 5) is 32.7. The van der Waals surface area contributed by atoms with Crippen molar-refractivity contribution in [3.8, 4) is 0 Å². The van der Waals surface area contributed by atoms with Gasteiger partial charge in [0, 0.05) is 39.6 Å². The molecule has 1 N–H and O–H groups in total. The van der Waals surface area contributed by atoms with Crippen LogP contribution < -0.4 is 5.32 Å². The second-order valence-corrected chi connectivity index (χ2v) is 6.88. The molecule has 8 heteroatoms. The molecule has 1 aromatic heterocycles.